The fourth-order valence-electron chi connectivity index (χ4n) is 2.88. The Balaban J connectivity index is 1.68. The lowest BCUT2D eigenvalue weighted by molar-refractivity contribution is 0.0948. The van der Waals surface area contributed by atoms with E-state index in [1.165, 1.54) is 0 Å². The molecule has 1 aromatic carbocycles. The van der Waals surface area contributed by atoms with Crippen molar-refractivity contribution in [1.29, 1.82) is 0 Å². The Labute approximate surface area is 141 Å². The lowest BCUT2D eigenvalue weighted by Gasteiger charge is -2.10. The Morgan fingerprint density at radius 1 is 1.29 bits per heavy atom. The zero-order chi connectivity index (χ0) is 16.9. The molecule has 1 aliphatic rings. The van der Waals surface area contributed by atoms with E-state index in [2.05, 4.69) is 20.7 Å². The van der Waals surface area contributed by atoms with Crippen molar-refractivity contribution in [3.8, 4) is 5.75 Å². The van der Waals surface area contributed by atoms with Gasteiger partial charge in [0.15, 0.2) is 5.69 Å². The summed E-state index contributed by atoms with van der Waals surface area (Å²) in [5.41, 5.74) is 6.86. The van der Waals surface area contributed by atoms with Crippen molar-refractivity contribution < 1.29 is 9.53 Å². The number of carbonyl (C=O) groups excluding carboxylic acids is 1. The molecule has 2 N–H and O–H groups in total. The zero-order valence-corrected chi connectivity index (χ0v) is 14.1. The first-order valence-corrected chi connectivity index (χ1v) is 8.33. The molecule has 0 aliphatic heterocycles. The third-order valence-electron chi connectivity index (χ3n) is 4.18. The van der Waals surface area contributed by atoms with Gasteiger partial charge in [0.1, 0.15) is 5.75 Å². The Morgan fingerprint density at radius 3 is 2.79 bits per heavy atom. The van der Waals surface area contributed by atoms with Crippen LogP contribution in [0.2, 0.25) is 0 Å². The number of nitrogens with zero attached hydrogens (tertiary/aromatic N) is 2. The molecule has 0 saturated carbocycles. The summed E-state index contributed by atoms with van der Waals surface area (Å²) in [5.74, 6) is 0.556. The van der Waals surface area contributed by atoms with E-state index >= 15 is 0 Å². The Bertz CT molecular complexity index is 747. The molecule has 1 aliphatic carbocycles. The first-order chi connectivity index (χ1) is 11.7. The van der Waals surface area contributed by atoms with Crippen molar-refractivity contribution in [1.82, 2.24) is 15.6 Å². The average molecular weight is 326 g/mol. The van der Waals surface area contributed by atoms with Crippen LogP contribution in [-0.2, 0) is 12.8 Å². The van der Waals surface area contributed by atoms with Crippen LogP contribution < -0.4 is 10.2 Å². The third-order valence-corrected chi connectivity index (χ3v) is 4.18. The normalized spacial score (nSPS) is 14.2. The number of nitrogens with one attached hydrogen (secondary N) is 2. The minimum absolute atomic E-state index is 0.264. The Morgan fingerprint density at radius 2 is 2.04 bits per heavy atom. The van der Waals surface area contributed by atoms with Gasteiger partial charge in [0, 0.05) is 11.3 Å². The summed E-state index contributed by atoms with van der Waals surface area (Å²) in [7, 11) is 0. The zero-order valence-electron chi connectivity index (χ0n) is 14.1. The summed E-state index contributed by atoms with van der Waals surface area (Å²) in [5, 5.41) is 11.3. The lowest BCUT2D eigenvalue weighted by atomic mass is 9.96. The smallest absolute Gasteiger partial charge is 0.292 e. The van der Waals surface area contributed by atoms with E-state index in [4.69, 9.17) is 4.74 Å². The first kappa shape index (κ1) is 16.2. The van der Waals surface area contributed by atoms with Crippen LogP contribution in [-0.4, -0.2) is 28.4 Å². The predicted octanol–water partition coefficient (Wildman–Crippen LogP) is 2.84. The number of hydrazone groups is 1. The number of aromatic nitrogens is 2. The number of aryl methyl sites for hydroxylation is 1. The number of aromatic amines is 1. The summed E-state index contributed by atoms with van der Waals surface area (Å²) >= 11 is 0. The molecular formula is C18H22N4O2. The first-order valence-electron chi connectivity index (χ1n) is 8.33. The molecule has 24 heavy (non-hydrogen) atoms. The van der Waals surface area contributed by atoms with Crippen LogP contribution in [0.1, 0.15) is 54.0 Å². The van der Waals surface area contributed by atoms with Gasteiger partial charge in [-0.05, 0) is 69.4 Å². The van der Waals surface area contributed by atoms with Crippen molar-refractivity contribution >= 4 is 11.6 Å². The molecule has 0 radical (unpaired) electrons. The quantitative estimate of drug-likeness (QED) is 0.655. The van der Waals surface area contributed by atoms with Gasteiger partial charge in [0.25, 0.3) is 5.91 Å². The van der Waals surface area contributed by atoms with Crippen LogP contribution in [0.3, 0.4) is 0 Å². The van der Waals surface area contributed by atoms with E-state index in [1.54, 1.807) is 0 Å². The number of ether oxygens (including phenoxy) is 1. The second-order valence-electron chi connectivity index (χ2n) is 5.83. The molecule has 0 saturated heterocycles. The van der Waals surface area contributed by atoms with Crippen molar-refractivity contribution in [3.05, 3.63) is 46.8 Å². The molecule has 0 unspecified atom stereocenters. The van der Waals surface area contributed by atoms with E-state index in [9.17, 15) is 4.79 Å². The van der Waals surface area contributed by atoms with Crippen LogP contribution in [0.5, 0.6) is 5.75 Å². The highest BCUT2D eigenvalue weighted by Crippen LogP contribution is 2.22. The second kappa shape index (κ2) is 7.29. The molecule has 0 bridgehead atoms. The Kier molecular flexibility index (Phi) is 4.93. The predicted molar refractivity (Wildman–Crippen MR) is 92.5 cm³/mol. The average Bonchev–Trinajstić information content (AvgIpc) is 3.04. The van der Waals surface area contributed by atoms with Gasteiger partial charge in [-0.3, -0.25) is 9.89 Å². The lowest BCUT2D eigenvalue weighted by Crippen LogP contribution is -2.21. The van der Waals surface area contributed by atoms with Gasteiger partial charge in [-0.25, -0.2) is 5.43 Å². The standard InChI is InChI=1S/C18H22N4O2/c1-3-24-14-10-8-13(9-11-14)12(2)19-22-18(23)17-15-6-4-5-7-16(15)20-21-17/h8-11H,3-7H2,1-2H3,(H,20,21)(H,22,23)/b19-12+. The molecule has 2 aromatic rings. The van der Waals surface area contributed by atoms with Gasteiger partial charge in [0.2, 0.25) is 0 Å². The molecule has 0 spiro atoms. The number of fused-ring (bicyclic) bond motifs is 1. The van der Waals surface area contributed by atoms with Gasteiger partial charge >= 0.3 is 0 Å². The summed E-state index contributed by atoms with van der Waals surface area (Å²) in [6.07, 6.45) is 4.10. The maximum absolute atomic E-state index is 12.3. The molecule has 1 aromatic heterocycles. The fourth-order valence-corrected chi connectivity index (χ4v) is 2.88. The highest BCUT2D eigenvalue weighted by atomic mass is 16.5. The third kappa shape index (κ3) is 3.48. The minimum atomic E-state index is -0.264. The van der Waals surface area contributed by atoms with Crippen LogP contribution in [0.4, 0.5) is 0 Å². The maximum Gasteiger partial charge on any atom is 0.292 e. The summed E-state index contributed by atoms with van der Waals surface area (Å²) in [6, 6.07) is 7.63. The van der Waals surface area contributed by atoms with E-state index in [1.807, 2.05) is 38.1 Å². The van der Waals surface area contributed by atoms with Crippen LogP contribution in [0, 0.1) is 0 Å². The fraction of sp³-hybridized carbons (Fsp3) is 0.389. The number of carbonyl (C=O) groups is 1. The molecule has 1 amide bonds. The number of H-pyrrole nitrogens is 1. The minimum Gasteiger partial charge on any atom is -0.494 e. The maximum atomic E-state index is 12.3. The van der Waals surface area contributed by atoms with Gasteiger partial charge in [0.05, 0.1) is 12.3 Å². The van der Waals surface area contributed by atoms with E-state index in [0.29, 0.717) is 12.3 Å². The van der Waals surface area contributed by atoms with Gasteiger partial charge in [-0.15, -0.1) is 0 Å². The van der Waals surface area contributed by atoms with Crippen molar-refractivity contribution in [2.24, 2.45) is 5.10 Å². The van der Waals surface area contributed by atoms with Crippen molar-refractivity contribution in [3.63, 3.8) is 0 Å². The molecule has 6 nitrogen and oxygen atoms in total. The topological polar surface area (TPSA) is 79.4 Å². The van der Waals surface area contributed by atoms with E-state index < -0.39 is 0 Å². The molecule has 0 fully saturated rings. The molecule has 1 heterocycles. The SMILES string of the molecule is CCOc1ccc(/C(C)=N/NC(=O)c2n[nH]c3c2CCCC3)cc1. The van der Waals surface area contributed by atoms with E-state index in [-0.39, 0.29) is 5.91 Å². The van der Waals surface area contributed by atoms with Crippen molar-refractivity contribution in [2.75, 3.05) is 6.61 Å². The van der Waals surface area contributed by atoms with Gasteiger partial charge < -0.3 is 4.74 Å². The van der Waals surface area contributed by atoms with Gasteiger partial charge in [-0.2, -0.15) is 10.2 Å². The van der Waals surface area contributed by atoms with Crippen LogP contribution in [0.25, 0.3) is 0 Å². The number of hydrogen-bond donors (Lipinski definition) is 2. The van der Waals surface area contributed by atoms with E-state index in [0.717, 1.165) is 54.0 Å². The largest absolute Gasteiger partial charge is 0.494 e. The highest BCUT2D eigenvalue weighted by Gasteiger charge is 2.21. The number of benzene rings is 1. The highest BCUT2D eigenvalue weighted by molar-refractivity contribution is 6.00. The van der Waals surface area contributed by atoms with Crippen LogP contribution >= 0.6 is 0 Å². The molecule has 3 rings (SSSR count). The number of amides is 1. The van der Waals surface area contributed by atoms with Crippen LogP contribution in [0.15, 0.2) is 29.4 Å². The second-order valence-corrected chi connectivity index (χ2v) is 5.83. The monoisotopic (exact) mass is 326 g/mol. The summed E-state index contributed by atoms with van der Waals surface area (Å²) < 4.78 is 5.42. The number of rotatable bonds is 5. The molecule has 126 valence electrons. The summed E-state index contributed by atoms with van der Waals surface area (Å²) in [4.78, 5) is 12.3. The molecule has 6 heteroatoms. The Hall–Kier alpha value is -2.63. The van der Waals surface area contributed by atoms with Gasteiger partial charge in [-0.1, -0.05) is 0 Å². The molecule has 0 atom stereocenters. The number of hydrogen-bond acceptors (Lipinski definition) is 4. The summed E-state index contributed by atoms with van der Waals surface area (Å²) in [6.45, 7) is 4.44. The molecular weight excluding hydrogens is 304 g/mol. The van der Waals surface area contributed by atoms with Crippen molar-refractivity contribution in [2.45, 2.75) is 39.5 Å².